The van der Waals surface area contributed by atoms with Gasteiger partial charge in [-0.25, -0.2) is 13.2 Å². The molecule has 0 spiro atoms. The highest BCUT2D eigenvalue weighted by molar-refractivity contribution is 7.89. The predicted octanol–water partition coefficient (Wildman–Crippen LogP) is 2.26. The number of sulfonamides is 1. The molecule has 0 radical (unpaired) electrons. The minimum atomic E-state index is -3.81. The first-order chi connectivity index (χ1) is 22.7. The Morgan fingerprint density at radius 3 is 2.14 bits per heavy atom. The highest BCUT2D eigenvalue weighted by Gasteiger charge is 2.70. The number of amides is 5. The molecule has 1 aliphatic heterocycles. The van der Waals surface area contributed by atoms with E-state index in [4.69, 9.17) is 5.73 Å². The lowest BCUT2D eigenvalue weighted by atomic mass is 9.80. The van der Waals surface area contributed by atoms with E-state index in [-0.39, 0.29) is 40.5 Å². The minimum Gasteiger partial charge on any atom is -0.363 e. The van der Waals surface area contributed by atoms with Crippen molar-refractivity contribution in [3.63, 3.8) is 0 Å². The number of carbonyl (C=O) groups is 5. The van der Waals surface area contributed by atoms with Gasteiger partial charge in [0.2, 0.25) is 27.6 Å². The molecule has 1 unspecified atom stereocenters. The van der Waals surface area contributed by atoms with E-state index < -0.39 is 69.1 Å². The molecule has 5 N–H and O–H groups in total. The summed E-state index contributed by atoms with van der Waals surface area (Å²) in [7, 11) is -2.35. The molecule has 0 bridgehead atoms. The van der Waals surface area contributed by atoms with E-state index in [1.165, 1.54) is 28.4 Å². The van der Waals surface area contributed by atoms with Gasteiger partial charge in [-0.1, -0.05) is 85.9 Å². The maximum atomic E-state index is 14.3. The number of nitrogens with two attached hydrogens (primary N) is 1. The molecule has 3 aliphatic rings. The Morgan fingerprint density at radius 2 is 1.63 bits per heavy atom. The van der Waals surface area contributed by atoms with Crippen LogP contribution in [0.5, 0.6) is 0 Å². The molecule has 3 fully saturated rings. The van der Waals surface area contributed by atoms with Crippen LogP contribution in [0.15, 0.2) is 35.2 Å². The summed E-state index contributed by atoms with van der Waals surface area (Å²) in [5, 5.41) is 8.49. The number of nitrogens with one attached hydrogen (secondary N) is 3. The molecule has 5 amide bonds. The number of urea groups is 1. The topological polar surface area (TPSA) is 188 Å². The highest BCUT2D eigenvalue weighted by Crippen LogP contribution is 2.65. The number of piperidine rings is 1. The van der Waals surface area contributed by atoms with Gasteiger partial charge in [0.15, 0.2) is 0 Å². The summed E-state index contributed by atoms with van der Waals surface area (Å²) in [6.45, 7) is 13.5. The number of likely N-dealkylation sites (tertiary alicyclic amines) is 1. The lowest BCUT2D eigenvalue weighted by Gasteiger charge is -2.38. The molecule has 2 aliphatic carbocycles. The number of rotatable bonds is 14. The fourth-order valence-corrected chi connectivity index (χ4v) is 8.48. The summed E-state index contributed by atoms with van der Waals surface area (Å²) < 4.78 is 27.5. The van der Waals surface area contributed by atoms with Crippen molar-refractivity contribution in [2.24, 2.45) is 40.2 Å². The number of primary amides is 1. The summed E-state index contributed by atoms with van der Waals surface area (Å²) in [4.78, 5) is 68.0. The summed E-state index contributed by atoms with van der Waals surface area (Å²) in [6, 6.07) is 3.80. The SMILES string of the molecule is CC(C)[C@@H](CN(C)S(=O)(=O)c1ccccc1)NC(=O)N[C@H](C(=O)N1C[C@H]2[C@@H]([C@H]1C(=O)NC(CC1CCC1)C(=O)C(N)=O)C2(C)C)C(C)(C)C. The van der Waals surface area contributed by atoms with Crippen LogP contribution in [0.25, 0.3) is 0 Å². The van der Waals surface area contributed by atoms with E-state index in [0.29, 0.717) is 13.0 Å². The average molecular weight is 703 g/mol. The Morgan fingerprint density at radius 1 is 1.02 bits per heavy atom. The number of fused-ring (bicyclic) bond motifs is 1. The number of ketones is 1. The Bertz CT molecular complexity index is 1540. The van der Waals surface area contributed by atoms with Crippen molar-refractivity contribution < 1.29 is 32.4 Å². The Hall–Kier alpha value is -3.52. The largest absolute Gasteiger partial charge is 0.363 e. The van der Waals surface area contributed by atoms with E-state index in [1.807, 2.05) is 48.5 Å². The maximum Gasteiger partial charge on any atom is 0.315 e. The van der Waals surface area contributed by atoms with Gasteiger partial charge in [0.1, 0.15) is 12.1 Å². The standard InChI is InChI=1S/C35H54N6O7S/c1-20(2)25(19-40(8)49(47,48)22-15-10-9-11-16-22)38-33(46)39-29(34(3,4)5)32(45)41-18-23-26(35(23,6)7)27(41)31(44)37-24(28(42)30(36)43)17-21-13-12-14-21/h9-11,15-16,20-21,23-27,29H,12-14,17-19H2,1-8H3,(H2,36,43)(H,37,44)(H2,38,39,46)/t23-,24?,25+,26-,27-,29+/m0/s1. The van der Waals surface area contributed by atoms with E-state index in [2.05, 4.69) is 16.0 Å². The quantitative estimate of drug-likeness (QED) is 0.214. The van der Waals surface area contributed by atoms with Gasteiger partial charge in [-0.2, -0.15) is 4.31 Å². The second kappa shape index (κ2) is 14.4. The molecule has 2 saturated carbocycles. The van der Waals surface area contributed by atoms with Crippen LogP contribution >= 0.6 is 0 Å². The van der Waals surface area contributed by atoms with E-state index in [0.717, 1.165) is 19.3 Å². The normalized spacial score (nSPS) is 23.6. The first kappa shape index (κ1) is 38.3. The smallest absolute Gasteiger partial charge is 0.315 e. The van der Waals surface area contributed by atoms with Gasteiger partial charge in [0.25, 0.3) is 5.91 Å². The molecule has 1 aromatic rings. The lowest BCUT2D eigenvalue weighted by Crippen LogP contribution is -2.62. The number of hydrogen-bond donors (Lipinski definition) is 4. The maximum absolute atomic E-state index is 14.3. The predicted molar refractivity (Wildman–Crippen MR) is 184 cm³/mol. The second-order valence-electron chi connectivity index (χ2n) is 16.1. The van der Waals surface area contributed by atoms with Crippen molar-refractivity contribution in [1.82, 2.24) is 25.2 Å². The van der Waals surface area contributed by atoms with Crippen LogP contribution < -0.4 is 21.7 Å². The molecular weight excluding hydrogens is 648 g/mol. The summed E-state index contributed by atoms with van der Waals surface area (Å²) in [5.41, 5.74) is 4.35. The Labute approximate surface area is 290 Å². The van der Waals surface area contributed by atoms with Crippen LogP contribution in [0.1, 0.15) is 74.1 Å². The molecular formula is C35H54N6O7S. The van der Waals surface area contributed by atoms with Crippen molar-refractivity contribution in [3.8, 4) is 0 Å². The third-order valence-electron chi connectivity index (χ3n) is 10.8. The molecule has 1 heterocycles. The van der Waals surface area contributed by atoms with Crippen molar-refractivity contribution in [1.29, 1.82) is 0 Å². The molecule has 6 atom stereocenters. The fourth-order valence-electron chi connectivity index (χ4n) is 7.26. The lowest BCUT2D eigenvalue weighted by molar-refractivity contribution is -0.145. The van der Waals surface area contributed by atoms with Crippen LogP contribution in [0.4, 0.5) is 4.79 Å². The van der Waals surface area contributed by atoms with Gasteiger partial charge in [-0.05, 0) is 53.1 Å². The molecule has 0 aromatic heterocycles. The van der Waals surface area contributed by atoms with Gasteiger partial charge >= 0.3 is 6.03 Å². The monoisotopic (exact) mass is 702 g/mol. The van der Waals surface area contributed by atoms with E-state index >= 15 is 0 Å². The molecule has 13 nitrogen and oxygen atoms in total. The van der Waals surface area contributed by atoms with Gasteiger partial charge in [0.05, 0.1) is 10.9 Å². The van der Waals surface area contributed by atoms with Crippen molar-refractivity contribution in [2.75, 3.05) is 20.1 Å². The Kier molecular flexibility index (Phi) is 11.2. The summed E-state index contributed by atoms with van der Waals surface area (Å²) >= 11 is 0. The number of Topliss-reactive ketones (excluding diaryl/α,β-unsaturated/α-hetero) is 1. The molecule has 14 heteroatoms. The van der Waals surface area contributed by atoms with Gasteiger partial charge in [-0.15, -0.1) is 0 Å². The molecule has 1 saturated heterocycles. The number of hydrogen-bond acceptors (Lipinski definition) is 7. The van der Waals surface area contributed by atoms with Gasteiger partial charge in [-0.3, -0.25) is 19.2 Å². The zero-order valence-corrected chi connectivity index (χ0v) is 30.8. The number of nitrogens with zero attached hydrogens (tertiary/aromatic N) is 2. The van der Waals surface area contributed by atoms with Crippen molar-refractivity contribution in [3.05, 3.63) is 30.3 Å². The highest BCUT2D eigenvalue weighted by atomic mass is 32.2. The van der Waals surface area contributed by atoms with Crippen molar-refractivity contribution >= 4 is 39.6 Å². The zero-order valence-electron chi connectivity index (χ0n) is 30.0. The molecule has 4 rings (SSSR count). The molecule has 49 heavy (non-hydrogen) atoms. The first-order valence-corrected chi connectivity index (χ1v) is 18.6. The number of likely N-dealkylation sites (N-methyl/N-ethyl adjacent to an activating group) is 1. The summed E-state index contributed by atoms with van der Waals surface area (Å²) in [5.74, 6) is -2.97. The minimum absolute atomic E-state index is 0.00466. The van der Waals surface area contributed by atoms with Crippen LogP contribution in [0, 0.1) is 34.5 Å². The zero-order chi connectivity index (χ0) is 36.6. The third kappa shape index (κ3) is 8.28. The summed E-state index contributed by atoms with van der Waals surface area (Å²) in [6.07, 6.45) is 3.15. The first-order valence-electron chi connectivity index (χ1n) is 17.2. The molecule has 1 aromatic carbocycles. The van der Waals surface area contributed by atoms with Gasteiger partial charge < -0.3 is 26.6 Å². The van der Waals surface area contributed by atoms with Crippen LogP contribution in [0.2, 0.25) is 0 Å². The number of benzene rings is 1. The fraction of sp³-hybridized carbons (Fsp3) is 0.686. The average Bonchev–Trinajstić information content (AvgIpc) is 3.31. The van der Waals surface area contributed by atoms with E-state index in [1.54, 1.807) is 18.2 Å². The van der Waals surface area contributed by atoms with Crippen molar-refractivity contribution in [2.45, 2.75) is 103 Å². The number of carbonyl (C=O) groups excluding carboxylic acids is 5. The van der Waals surface area contributed by atoms with E-state index in [9.17, 15) is 32.4 Å². The van der Waals surface area contributed by atoms with Crippen LogP contribution in [-0.4, -0.2) is 91.5 Å². The second-order valence-corrected chi connectivity index (χ2v) is 18.1. The Balaban J connectivity index is 1.50. The van der Waals surface area contributed by atoms with Crippen LogP contribution in [0.3, 0.4) is 0 Å². The van der Waals surface area contributed by atoms with Crippen LogP contribution in [-0.2, 0) is 29.2 Å². The third-order valence-corrected chi connectivity index (χ3v) is 12.7. The van der Waals surface area contributed by atoms with Gasteiger partial charge in [0, 0.05) is 26.2 Å². The molecule has 272 valence electrons.